The van der Waals surface area contributed by atoms with E-state index in [4.69, 9.17) is 0 Å². The van der Waals surface area contributed by atoms with Crippen LogP contribution in [-0.2, 0) is 0 Å². The molecular formula is C35H48. The van der Waals surface area contributed by atoms with Crippen LogP contribution in [0.3, 0.4) is 0 Å². The molecule has 35 heavy (non-hydrogen) atoms. The Morgan fingerprint density at radius 2 is 1.29 bits per heavy atom. The summed E-state index contributed by atoms with van der Waals surface area (Å²) in [6.07, 6.45) is 18.8. The van der Waals surface area contributed by atoms with Crippen molar-refractivity contribution in [2.45, 2.75) is 81.1 Å². The van der Waals surface area contributed by atoms with Gasteiger partial charge in [0.2, 0.25) is 0 Å². The van der Waals surface area contributed by atoms with Crippen LogP contribution in [0.25, 0.3) is 5.57 Å². The van der Waals surface area contributed by atoms with Gasteiger partial charge in [0, 0.05) is 0 Å². The Morgan fingerprint density at radius 1 is 0.686 bits per heavy atom. The first-order valence-electron chi connectivity index (χ1n) is 14.3. The molecule has 0 heterocycles. The number of hydrogen-bond donors (Lipinski definition) is 0. The van der Waals surface area contributed by atoms with Crippen LogP contribution >= 0.6 is 0 Å². The maximum absolute atomic E-state index is 2.75. The van der Waals surface area contributed by atoms with Crippen molar-refractivity contribution in [3.8, 4) is 0 Å². The van der Waals surface area contributed by atoms with Gasteiger partial charge >= 0.3 is 0 Å². The highest BCUT2D eigenvalue weighted by Crippen LogP contribution is 2.64. The van der Waals surface area contributed by atoms with Gasteiger partial charge in [0.15, 0.2) is 0 Å². The average molecular weight is 469 g/mol. The van der Waals surface area contributed by atoms with Gasteiger partial charge < -0.3 is 0 Å². The molecule has 5 unspecified atom stereocenters. The van der Waals surface area contributed by atoms with Gasteiger partial charge in [-0.1, -0.05) is 129 Å². The first-order chi connectivity index (χ1) is 16.4. The number of hydrogen-bond acceptors (Lipinski definition) is 0. The smallest absolute Gasteiger partial charge is 0.00209 e. The highest BCUT2D eigenvalue weighted by Gasteiger charge is 2.57. The summed E-state index contributed by atoms with van der Waals surface area (Å²) >= 11 is 0. The predicted octanol–water partition coefficient (Wildman–Crippen LogP) is 9.91. The molecule has 0 aliphatic heterocycles. The molecule has 1 aromatic rings. The van der Waals surface area contributed by atoms with Crippen LogP contribution in [-0.4, -0.2) is 0 Å². The van der Waals surface area contributed by atoms with Gasteiger partial charge in [-0.05, 0) is 86.9 Å². The zero-order valence-electron chi connectivity index (χ0n) is 23.6. The van der Waals surface area contributed by atoms with Gasteiger partial charge in [0.25, 0.3) is 0 Å². The minimum atomic E-state index is 0.156. The quantitative estimate of drug-likeness (QED) is 0.414. The van der Waals surface area contributed by atoms with Gasteiger partial charge in [-0.25, -0.2) is 0 Å². The molecule has 188 valence electrons. The van der Waals surface area contributed by atoms with E-state index in [1.54, 1.807) is 5.57 Å². The molecule has 2 fully saturated rings. The van der Waals surface area contributed by atoms with Crippen molar-refractivity contribution >= 4 is 5.57 Å². The molecule has 5 rings (SSSR count). The number of fused-ring (bicyclic) bond motifs is 3. The Bertz CT molecular complexity index is 1050. The number of allylic oxidation sites excluding steroid dienone is 8. The molecule has 0 nitrogen and oxygen atoms in total. The number of rotatable bonds is 3. The fourth-order valence-corrected chi connectivity index (χ4v) is 8.10. The van der Waals surface area contributed by atoms with Crippen LogP contribution in [0.4, 0.5) is 0 Å². The Morgan fingerprint density at radius 3 is 1.89 bits per heavy atom. The third kappa shape index (κ3) is 4.34. The van der Waals surface area contributed by atoms with E-state index in [0.29, 0.717) is 35.0 Å². The molecule has 0 bridgehead atoms. The molecule has 0 N–H and O–H groups in total. The Labute approximate surface area is 215 Å². The van der Waals surface area contributed by atoms with E-state index in [1.165, 1.54) is 42.4 Å². The normalized spacial score (nSPS) is 31.5. The van der Waals surface area contributed by atoms with E-state index in [-0.39, 0.29) is 10.8 Å². The van der Waals surface area contributed by atoms with Crippen LogP contribution in [0.1, 0.15) is 86.6 Å². The minimum absolute atomic E-state index is 0.156. The van der Waals surface area contributed by atoms with Crippen LogP contribution in [0.15, 0.2) is 71.9 Å². The van der Waals surface area contributed by atoms with E-state index in [1.807, 2.05) is 0 Å². The van der Waals surface area contributed by atoms with Gasteiger partial charge in [-0.15, -0.1) is 0 Å². The van der Waals surface area contributed by atoms with Crippen LogP contribution in [0.5, 0.6) is 0 Å². The molecule has 5 atom stereocenters. The van der Waals surface area contributed by atoms with Crippen molar-refractivity contribution in [2.75, 3.05) is 0 Å². The Kier molecular flexibility index (Phi) is 6.13. The number of benzene rings is 1. The van der Waals surface area contributed by atoms with E-state index in [0.717, 1.165) is 5.92 Å². The molecule has 0 amide bonds. The highest BCUT2D eigenvalue weighted by atomic mass is 14.6. The lowest BCUT2D eigenvalue weighted by Gasteiger charge is -2.45. The van der Waals surface area contributed by atoms with E-state index >= 15 is 0 Å². The maximum atomic E-state index is 2.75. The van der Waals surface area contributed by atoms with Gasteiger partial charge in [-0.2, -0.15) is 0 Å². The predicted molar refractivity (Wildman–Crippen MR) is 152 cm³/mol. The topological polar surface area (TPSA) is 0 Å². The molecule has 0 aromatic heterocycles. The molecule has 0 heteroatoms. The maximum Gasteiger partial charge on any atom is -0.00209 e. The molecule has 4 aliphatic carbocycles. The van der Waals surface area contributed by atoms with Crippen molar-refractivity contribution in [2.24, 2.45) is 51.8 Å². The summed E-state index contributed by atoms with van der Waals surface area (Å²) in [4.78, 5) is 0. The zero-order valence-corrected chi connectivity index (χ0v) is 23.6. The third-order valence-electron chi connectivity index (χ3n) is 10.1. The largest absolute Gasteiger partial charge is 0.0799 e. The van der Waals surface area contributed by atoms with E-state index in [2.05, 4.69) is 116 Å². The van der Waals surface area contributed by atoms with Crippen molar-refractivity contribution in [3.05, 3.63) is 77.4 Å². The zero-order chi connectivity index (χ0) is 25.2. The fourth-order valence-electron chi connectivity index (χ4n) is 8.10. The second-order valence-corrected chi connectivity index (χ2v) is 14.7. The van der Waals surface area contributed by atoms with Crippen molar-refractivity contribution in [1.82, 2.24) is 0 Å². The third-order valence-corrected chi connectivity index (χ3v) is 10.1. The molecular weight excluding hydrogens is 420 g/mol. The lowest BCUT2D eigenvalue weighted by molar-refractivity contribution is 0.0744. The molecule has 0 radical (unpaired) electrons. The monoisotopic (exact) mass is 468 g/mol. The van der Waals surface area contributed by atoms with Crippen molar-refractivity contribution < 1.29 is 0 Å². The molecule has 1 aromatic carbocycles. The van der Waals surface area contributed by atoms with Gasteiger partial charge in [0.05, 0.1) is 0 Å². The molecule has 4 aliphatic rings. The second kappa shape index (κ2) is 8.64. The highest BCUT2D eigenvalue weighted by molar-refractivity contribution is 5.74. The average Bonchev–Trinajstić information content (AvgIpc) is 3.44. The molecule has 0 spiro atoms. The summed E-state index contributed by atoms with van der Waals surface area (Å²) in [5.41, 5.74) is 6.77. The summed E-state index contributed by atoms with van der Waals surface area (Å²) in [6.45, 7) is 19.6. The summed E-state index contributed by atoms with van der Waals surface area (Å²) in [7, 11) is 0. The summed E-state index contributed by atoms with van der Waals surface area (Å²) in [5, 5.41) is 0. The summed E-state index contributed by atoms with van der Waals surface area (Å²) < 4.78 is 0. The van der Waals surface area contributed by atoms with Crippen LogP contribution < -0.4 is 0 Å². The van der Waals surface area contributed by atoms with E-state index < -0.39 is 0 Å². The van der Waals surface area contributed by atoms with E-state index in [9.17, 15) is 0 Å². The molecule has 2 saturated carbocycles. The van der Waals surface area contributed by atoms with Crippen LogP contribution in [0.2, 0.25) is 0 Å². The minimum Gasteiger partial charge on any atom is -0.0799 e. The Balaban J connectivity index is 1.69. The molecule has 0 saturated heterocycles. The van der Waals surface area contributed by atoms with Crippen molar-refractivity contribution in [3.63, 3.8) is 0 Å². The second-order valence-electron chi connectivity index (χ2n) is 14.7. The summed E-state index contributed by atoms with van der Waals surface area (Å²) in [6, 6.07) is 11.3. The van der Waals surface area contributed by atoms with Crippen LogP contribution in [0, 0.1) is 51.8 Å². The lowest BCUT2D eigenvalue weighted by atomic mass is 9.60. The first kappa shape index (κ1) is 24.9. The SMILES string of the molecule is CC(C)(C)C1=CC2C(C=C1)C1C(c3ccccc3)=CC(C(C)(C)C)=CC1C2C(C)(C)C1CCCC1. The van der Waals surface area contributed by atoms with Gasteiger partial charge in [-0.3, -0.25) is 0 Å². The van der Waals surface area contributed by atoms with Gasteiger partial charge in [0.1, 0.15) is 0 Å². The standard InChI is InChI=1S/C35H48/c1-33(2,3)25-18-19-27-29(20-25)32(35(7,8)24-16-12-13-17-24)30-22-26(34(4,5)6)21-28(31(27)30)23-14-10-9-11-15-23/h9-11,14-15,18-22,24,27,29-32H,12-13,16-17H2,1-8H3. The Hall–Kier alpha value is -1.82. The first-order valence-corrected chi connectivity index (χ1v) is 14.3. The lowest BCUT2D eigenvalue weighted by Crippen LogP contribution is -2.38. The van der Waals surface area contributed by atoms with Crippen molar-refractivity contribution in [1.29, 1.82) is 0 Å². The summed E-state index contributed by atoms with van der Waals surface area (Å²) in [5.74, 6) is 3.88. The fraction of sp³-hybridized carbons (Fsp3) is 0.600.